The Morgan fingerprint density at radius 3 is 2.60 bits per heavy atom. The number of phosphoric acid groups is 2. The zero-order valence-electron chi connectivity index (χ0n) is 28.6. The molecule has 270 valence electrons. The van der Waals surface area contributed by atoms with E-state index in [1.54, 1.807) is 0 Å². The van der Waals surface area contributed by atoms with Crippen LogP contribution in [-0.4, -0.2) is 67.7 Å². The Labute approximate surface area is 280 Å². The first kappa shape index (κ1) is 37.4. The van der Waals surface area contributed by atoms with Crippen molar-refractivity contribution in [3.63, 3.8) is 0 Å². The first-order valence-corrected chi connectivity index (χ1v) is 20.7. The predicted octanol–water partition coefficient (Wildman–Crippen LogP) is 7.30. The third-order valence-corrected chi connectivity index (χ3v) is 14.4. The molecule has 12 nitrogen and oxygen atoms in total. The highest BCUT2D eigenvalue weighted by Crippen LogP contribution is 2.66. The molecule has 4 aliphatic carbocycles. The van der Waals surface area contributed by atoms with E-state index in [9.17, 15) is 23.7 Å². The Kier molecular flexibility index (Phi) is 12.4. The minimum Gasteiger partial charge on any atom is -0.446 e. The molecule has 0 aromatic heterocycles. The minimum absolute atomic E-state index is 0.00380. The van der Waals surface area contributed by atoms with Crippen molar-refractivity contribution in [3.8, 4) is 0 Å². The number of rotatable bonds is 15. The van der Waals surface area contributed by atoms with Gasteiger partial charge in [0.2, 0.25) is 0 Å². The van der Waals surface area contributed by atoms with Gasteiger partial charge in [0.25, 0.3) is 0 Å². The second-order valence-electron chi connectivity index (χ2n) is 14.8. The lowest BCUT2D eigenvalue weighted by Crippen LogP contribution is -2.50. The van der Waals surface area contributed by atoms with Crippen LogP contribution in [0.15, 0.2) is 11.6 Å². The number of phosphoric ester groups is 2. The second-order valence-corrected chi connectivity index (χ2v) is 17.8. The average Bonchev–Trinajstić information content (AvgIpc) is 3.62. The highest BCUT2D eigenvalue weighted by molar-refractivity contribution is 7.47. The topological polar surface area (TPSA) is 159 Å². The molecule has 1 heterocycles. The van der Waals surface area contributed by atoms with Crippen molar-refractivity contribution in [1.82, 2.24) is 5.32 Å². The summed E-state index contributed by atoms with van der Waals surface area (Å²) in [5.74, 6) is 3.29. The minimum atomic E-state index is -4.35. The van der Waals surface area contributed by atoms with E-state index in [0.29, 0.717) is 37.6 Å². The van der Waals surface area contributed by atoms with Crippen LogP contribution in [0, 0.1) is 34.5 Å². The van der Waals surface area contributed by atoms with E-state index < -0.39 is 27.9 Å². The zero-order chi connectivity index (χ0) is 33.9. The van der Waals surface area contributed by atoms with E-state index in [-0.39, 0.29) is 37.4 Å². The van der Waals surface area contributed by atoms with E-state index in [4.69, 9.17) is 23.0 Å². The third kappa shape index (κ3) is 8.74. The number of alkyl carbamates (subject to hydrolysis) is 1. The molecule has 11 atom stereocenters. The summed E-state index contributed by atoms with van der Waals surface area (Å²) in [6.45, 7) is 7.80. The maximum absolute atomic E-state index is 12.6. The molecule has 14 heteroatoms. The highest BCUT2D eigenvalue weighted by Gasteiger charge is 2.58. The van der Waals surface area contributed by atoms with Crippen molar-refractivity contribution >= 4 is 21.7 Å². The number of hydrogen-bond donors (Lipinski definition) is 3. The Morgan fingerprint density at radius 2 is 1.83 bits per heavy atom. The lowest BCUT2D eigenvalue weighted by Gasteiger charge is -2.58. The van der Waals surface area contributed by atoms with Gasteiger partial charge < -0.3 is 24.6 Å². The fraction of sp³-hybridized carbons (Fsp3) is 0.909. The van der Waals surface area contributed by atoms with Crippen LogP contribution in [-0.2, 0) is 36.7 Å². The number of carbonyl (C=O) groups excluding carboxylic acids is 1. The van der Waals surface area contributed by atoms with Crippen LogP contribution in [0.4, 0.5) is 4.79 Å². The number of amides is 1. The summed E-state index contributed by atoms with van der Waals surface area (Å²) >= 11 is 0. The summed E-state index contributed by atoms with van der Waals surface area (Å²) in [7, 11) is -7.53. The molecule has 0 aromatic carbocycles. The van der Waals surface area contributed by atoms with Crippen molar-refractivity contribution in [1.29, 1.82) is 0 Å². The van der Waals surface area contributed by atoms with Gasteiger partial charge in [-0.2, -0.15) is 0 Å². The number of unbranched alkanes of at least 4 members (excludes halogenated alkanes) is 2. The molecule has 3 saturated carbocycles. The Bertz CT molecular complexity index is 1220. The van der Waals surface area contributed by atoms with Crippen molar-refractivity contribution in [2.24, 2.45) is 34.5 Å². The van der Waals surface area contributed by atoms with Crippen molar-refractivity contribution in [2.45, 2.75) is 123 Å². The normalized spacial score (nSPS) is 39.1. The maximum atomic E-state index is 12.6. The standard InChI is InChI=1S/C33H57NO11P2/c1-5-23-10-12-27-26-11-9-24-21-25(13-16-33(24,3)28(26)14-17-32(23,27)2)44-31(35)34-18-7-6-8-19-42-47(38,39)43-22-30-29(15-20-41-30)45-46(36,37)40-4/h9,23,25-30H,5-8,10-22H2,1-4H3,(H,34,35)(H,36,37)(H,38,39)/t23-,25?,26?,27?,28?,29+,30+,32+,33-/m0/s1. The third-order valence-electron chi connectivity index (χ3n) is 12.4. The fourth-order valence-corrected chi connectivity index (χ4v) is 11.2. The molecule has 1 aliphatic heterocycles. The van der Waals surface area contributed by atoms with E-state index in [0.717, 1.165) is 50.0 Å². The van der Waals surface area contributed by atoms with Gasteiger partial charge in [0.05, 0.1) is 13.2 Å². The van der Waals surface area contributed by atoms with Crippen LogP contribution in [0.5, 0.6) is 0 Å². The number of carbonyl (C=O) groups is 1. The molecule has 0 bridgehead atoms. The highest BCUT2D eigenvalue weighted by atomic mass is 31.2. The maximum Gasteiger partial charge on any atom is 0.472 e. The Balaban J connectivity index is 0.956. The molecule has 1 saturated heterocycles. The number of ether oxygens (including phenoxy) is 2. The zero-order valence-corrected chi connectivity index (χ0v) is 30.4. The van der Waals surface area contributed by atoms with Gasteiger partial charge in [0.15, 0.2) is 0 Å². The molecular weight excluding hydrogens is 648 g/mol. The van der Waals surface area contributed by atoms with Crippen LogP contribution < -0.4 is 5.32 Å². The Morgan fingerprint density at radius 1 is 1.02 bits per heavy atom. The summed E-state index contributed by atoms with van der Waals surface area (Å²) in [5.41, 5.74) is 2.26. The smallest absolute Gasteiger partial charge is 0.446 e. The Hall–Kier alpha value is -0.810. The van der Waals surface area contributed by atoms with E-state index in [1.165, 1.54) is 44.1 Å². The molecule has 4 fully saturated rings. The van der Waals surface area contributed by atoms with Gasteiger partial charge in [0.1, 0.15) is 18.3 Å². The lowest BCUT2D eigenvalue weighted by molar-refractivity contribution is -0.0511. The van der Waals surface area contributed by atoms with Crippen LogP contribution >= 0.6 is 15.6 Å². The molecular formula is C33H57NO11P2. The van der Waals surface area contributed by atoms with Gasteiger partial charge in [-0.1, -0.05) is 38.8 Å². The van der Waals surface area contributed by atoms with Crippen LogP contribution in [0.2, 0.25) is 0 Å². The fourth-order valence-electron chi connectivity index (χ4n) is 9.80. The molecule has 0 aromatic rings. The van der Waals surface area contributed by atoms with Crippen LogP contribution in [0.3, 0.4) is 0 Å². The van der Waals surface area contributed by atoms with Gasteiger partial charge >= 0.3 is 21.7 Å². The summed E-state index contributed by atoms with van der Waals surface area (Å²) in [5, 5.41) is 2.86. The van der Waals surface area contributed by atoms with Crippen LogP contribution in [0.25, 0.3) is 0 Å². The molecule has 5 rings (SSSR count). The number of nitrogens with one attached hydrogen (secondary N) is 1. The van der Waals surface area contributed by atoms with Gasteiger partial charge in [-0.05, 0) is 98.7 Å². The number of hydrogen-bond acceptors (Lipinski definition) is 9. The van der Waals surface area contributed by atoms with Crippen molar-refractivity contribution < 1.29 is 51.3 Å². The molecule has 6 unspecified atom stereocenters. The number of fused-ring (bicyclic) bond motifs is 5. The molecule has 0 radical (unpaired) electrons. The predicted molar refractivity (Wildman–Crippen MR) is 175 cm³/mol. The number of allylic oxidation sites excluding steroid dienone is 1. The molecule has 47 heavy (non-hydrogen) atoms. The molecule has 0 spiro atoms. The monoisotopic (exact) mass is 705 g/mol. The van der Waals surface area contributed by atoms with Crippen LogP contribution in [0.1, 0.15) is 104 Å². The van der Waals surface area contributed by atoms with E-state index in [1.807, 2.05) is 0 Å². The van der Waals surface area contributed by atoms with Gasteiger partial charge in [0, 0.05) is 33.1 Å². The van der Waals surface area contributed by atoms with Gasteiger partial charge in [-0.3, -0.25) is 18.1 Å². The van der Waals surface area contributed by atoms with Gasteiger partial charge in [-0.25, -0.2) is 13.9 Å². The lowest BCUT2D eigenvalue weighted by atomic mass is 9.47. The summed E-state index contributed by atoms with van der Waals surface area (Å²) in [6, 6.07) is 0. The first-order valence-electron chi connectivity index (χ1n) is 17.7. The SMILES string of the molecule is CC[C@H]1CCC2C3CC=C4CC(OC(=O)NCCCCCOP(=O)(O)OC[C@H]5OCC[C@H]5OP(=O)(O)OC)CC[C@]4(C)C3CC[C@@]21C. The van der Waals surface area contributed by atoms with Gasteiger partial charge in [-0.15, -0.1) is 0 Å². The largest absolute Gasteiger partial charge is 0.472 e. The van der Waals surface area contributed by atoms with Crippen molar-refractivity contribution in [3.05, 3.63) is 11.6 Å². The summed E-state index contributed by atoms with van der Waals surface area (Å²) < 4.78 is 54.6. The quantitative estimate of drug-likeness (QED) is 0.0892. The van der Waals surface area contributed by atoms with E-state index >= 15 is 0 Å². The summed E-state index contributed by atoms with van der Waals surface area (Å²) in [4.78, 5) is 32.1. The summed E-state index contributed by atoms with van der Waals surface area (Å²) in [6.07, 6.45) is 13.4. The second kappa shape index (κ2) is 15.6. The molecule has 1 amide bonds. The first-order chi connectivity index (χ1) is 22.3. The molecule has 3 N–H and O–H groups in total. The molecule has 5 aliphatic rings. The van der Waals surface area contributed by atoms with E-state index in [2.05, 4.69) is 36.7 Å². The van der Waals surface area contributed by atoms with Crippen molar-refractivity contribution in [2.75, 3.05) is 33.5 Å². The average molecular weight is 706 g/mol.